The van der Waals surface area contributed by atoms with E-state index in [9.17, 15) is 5.11 Å². The maximum Gasteiger partial charge on any atom is 0.0990 e. The molecule has 1 rings (SSSR count). The summed E-state index contributed by atoms with van der Waals surface area (Å²) in [5.41, 5.74) is 6.80. The van der Waals surface area contributed by atoms with Crippen molar-refractivity contribution in [1.82, 2.24) is 0 Å². The second-order valence-corrected chi connectivity index (χ2v) is 4.41. The fraction of sp³-hybridized carbons (Fsp3) is 0.538. The lowest BCUT2D eigenvalue weighted by molar-refractivity contribution is 0.0668. The number of hydrogen-bond donors (Lipinski definition) is 2. The van der Waals surface area contributed by atoms with Crippen molar-refractivity contribution in [3.63, 3.8) is 0 Å². The molecule has 15 heavy (non-hydrogen) atoms. The molecule has 2 atom stereocenters. The molecule has 1 aromatic rings. The van der Waals surface area contributed by atoms with Crippen LogP contribution in [0.15, 0.2) is 24.3 Å². The minimum Gasteiger partial charge on any atom is -0.384 e. The van der Waals surface area contributed by atoms with Gasteiger partial charge in [0, 0.05) is 6.54 Å². The van der Waals surface area contributed by atoms with Crippen molar-refractivity contribution in [2.24, 2.45) is 5.73 Å². The molecule has 0 saturated heterocycles. The molecule has 2 nitrogen and oxygen atoms in total. The molecule has 0 aliphatic carbocycles. The Morgan fingerprint density at radius 1 is 1.33 bits per heavy atom. The summed E-state index contributed by atoms with van der Waals surface area (Å²) >= 11 is 0. The van der Waals surface area contributed by atoms with Crippen LogP contribution in [-0.2, 0) is 5.60 Å². The Bertz CT molecular complexity index is 303. The van der Waals surface area contributed by atoms with E-state index in [1.54, 1.807) is 6.92 Å². The lowest BCUT2D eigenvalue weighted by atomic mass is 9.92. The van der Waals surface area contributed by atoms with Crippen molar-refractivity contribution >= 4 is 0 Å². The summed E-state index contributed by atoms with van der Waals surface area (Å²) < 4.78 is 0. The van der Waals surface area contributed by atoms with Gasteiger partial charge in [-0.05, 0) is 30.4 Å². The molecule has 0 amide bonds. The molecule has 0 spiro atoms. The van der Waals surface area contributed by atoms with Crippen LogP contribution >= 0.6 is 0 Å². The van der Waals surface area contributed by atoms with Crippen LogP contribution in [0.4, 0.5) is 0 Å². The van der Waals surface area contributed by atoms with Crippen LogP contribution in [0.5, 0.6) is 0 Å². The van der Waals surface area contributed by atoms with Gasteiger partial charge in [-0.2, -0.15) is 0 Å². The first-order chi connectivity index (χ1) is 7.01. The molecular weight excluding hydrogens is 186 g/mol. The van der Waals surface area contributed by atoms with E-state index < -0.39 is 5.60 Å². The van der Waals surface area contributed by atoms with Gasteiger partial charge in [0.25, 0.3) is 0 Å². The van der Waals surface area contributed by atoms with Crippen LogP contribution < -0.4 is 5.73 Å². The minimum atomic E-state index is -0.909. The summed E-state index contributed by atoms with van der Waals surface area (Å²) in [5.74, 6) is 0.571. The SMILES string of the molecule is CCC(C)c1ccc(C(C)(O)CN)cc1. The third-order valence-corrected chi connectivity index (χ3v) is 3.11. The lowest BCUT2D eigenvalue weighted by Gasteiger charge is -2.22. The zero-order valence-electron chi connectivity index (χ0n) is 9.83. The molecule has 3 N–H and O–H groups in total. The van der Waals surface area contributed by atoms with Crippen molar-refractivity contribution in [3.05, 3.63) is 35.4 Å². The van der Waals surface area contributed by atoms with E-state index in [-0.39, 0.29) is 6.54 Å². The molecule has 0 fully saturated rings. The second-order valence-electron chi connectivity index (χ2n) is 4.41. The fourth-order valence-electron chi connectivity index (χ4n) is 1.52. The van der Waals surface area contributed by atoms with Gasteiger partial charge in [-0.15, -0.1) is 0 Å². The summed E-state index contributed by atoms with van der Waals surface area (Å²) in [4.78, 5) is 0. The Morgan fingerprint density at radius 2 is 1.87 bits per heavy atom. The Morgan fingerprint density at radius 3 is 2.27 bits per heavy atom. The van der Waals surface area contributed by atoms with E-state index in [1.807, 2.05) is 12.1 Å². The van der Waals surface area contributed by atoms with Crippen molar-refractivity contribution in [2.45, 2.75) is 38.7 Å². The number of nitrogens with two attached hydrogens (primary N) is 1. The maximum absolute atomic E-state index is 9.96. The normalized spacial score (nSPS) is 17.1. The summed E-state index contributed by atoms with van der Waals surface area (Å²) in [6.45, 7) is 6.37. The van der Waals surface area contributed by atoms with Crippen molar-refractivity contribution in [3.8, 4) is 0 Å². The quantitative estimate of drug-likeness (QED) is 0.796. The molecule has 0 bridgehead atoms. The monoisotopic (exact) mass is 207 g/mol. The Kier molecular flexibility index (Phi) is 3.89. The predicted octanol–water partition coefficient (Wildman–Crippen LogP) is 2.37. The smallest absolute Gasteiger partial charge is 0.0990 e. The number of hydrogen-bond acceptors (Lipinski definition) is 2. The van der Waals surface area contributed by atoms with Gasteiger partial charge in [0.1, 0.15) is 0 Å². The predicted molar refractivity (Wildman–Crippen MR) is 63.8 cm³/mol. The third-order valence-electron chi connectivity index (χ3n) is 3.11. The fourth-order valence-corrected chi connectivity index (χ4v) is 1.52. The van der Waals surface area contributed by atoms with Crippen LogP contribution in [0.1, 0.15) is 44.2 Å². The molecule has 0 aliphatic rings. The zero-order chi connectivity index (χ0) is 11.5. The van der Waals surface area contributed by atoms with E-state index in [4.69, 9.17) is 5.73 Å². The van der Waals surface area contributed by atoms with E-state index >= 15 is 0 Å². The Balaban J connectivity index is 2.90. The second kappa shape index (κ2) is 4.77. The first-order valence-electron chi connectivity index (χ1n) is 5.54. The number of benzene rings is 1. The molecule has 0 heterocycles. The standard InChI is InChI=1S/C13H21NO/c1-4-10(2)11-5-7-12(8-6-11)13(3,15)9-14/h5-8,10,15H,4,9,14H2,1-3H3. The maximum atomic E-state index is 9.96. The molecule has 2 unspecified atom stereocenters. The molecule has 1 aromatic carbocycles. The molecule has 84 valence electrons. The highest BCUT2D eigenvalue weighted by Crippen LogP contribution is 2.23. The highest BCUT2D eigenvalue weighted by molar-refractivity contribution is 5.28. The summed E-state index contributed by atoms with van der Waals surface area (Å²) in [6.07, 6.45) is 1.13. The lowest BCUT2D eigenvalue weighted by Crippen LogP contribution is -2.31. The third kappa shape index (κ3) is 2.80. The van der Waals surface area contributed by atoms with Gasteiger partial charge >= 0.3 is 0 Å². The topological polar surface area (TPSA) is 46.2 Å². The van der Waals surface area contributed by atoms with Crippen LogP contribution in [-0.4, -0.2) is 11.7 Å². The van der Waals surface area contributed by atoms with Gasteiger partial charge in [-0.1, -0.05) is 38.1 Å². The van der Waals surface area contributed by atoms with Crippen LogP contribution in [0, 0.1) is 0 Å². The van der Waals surface area contributed by atoms with Crippen molar-refractivity contribution < 1.29 is 5.11 Å². The summed E-state index contributed by atoms with van der Waals surface area (Å²) in [7, 11) is 0. The first-order valence-corrected chi connectivity index (χ1v) is 5.54. The van der Waals surface area contributed by atoms with Gasteiger partial charge in [-0.3, -0.25) is 0 Å². The van der Waals surface area contributed by atoms with E-state index in [0.717, 1.165) is 12.0 Å². The minimum absolute atomic E-state index is 0.246. The number of aliphatic hydroxyl groups is 1. The van der Waals surface area contributed by atoms with E-state index in [2.05, 4.69) is 26.0 Å². The number of rotatable bonds is 4. The highest BCUT2D eigenvalue weighted by Gasteiger charge is 2.20. The molecule has 0 radical (unpaired) electrons. The summed E-state index contributed by atoms with van der Waals surface area (Å²) in [5, 5.41) is 9.96. The van der Waals surface area contributed by atoms with Gasteiger partial charge in [0.15, 0.2) is 0 Å². The Hall–Kier alpha value is -0.860. The van der Waals surface area contributed by atoms with Crippen LogP contribution in [0.25, 0.3) is 0 Å². The van der Waals surface area contributed by atoms with Gasteiger partial charge in [0.05, 0.1) is 5.60 Å². The van der Waals surface area contributed by atoms with Crippen LogP contribution in [0.2, 0.25) is 0 Å². The van der Waals surface area contributed by atoms with E-state index in [0.29, 0.717) is 5.92 Å². The first kappa shape index (κ1) is 12.2. The largest absolute Gasteiger partial charge is 0.384 e. The molecule has 0 aliphatic heterocycles. The Labute approximate surface area is 92.1 Å². The van der Waals surface area contributed by atoms with Crippen LogP contribution in [0.3, 0.4) is 0 Å². The molecule has 0 aromatic heterocycles. The molecule has 2 heteroatoms. The molecular formula is C13H21NO. The zero-order valence-corrected chi connectivity index (χ0v) is 9.83. The molecule has 0 saturated carbocycles. The summed E-state index contributed by atoms with van der Waals surface area (Å²) in [6, 6.07) is 8.09. The van der Waals surface area contributed by atoms with Crippen molar-refractivity contribution in [2.75, 3.05) is 6.54 Å². The highest BCUT2D eigenvalue weighted by atomic mass is 16.3. The van der Waals surface area contributed by atoms with Crippen molar-refractivity contribution in [1.29, 1.82) is 0 Å². The average Bonchev–Trinajstić information content (AvgIpc) is 2.28. The van der Waals surface area contributed by atoms with Gasteiger partial charge < -0.3 is 10.8 Å². The average molecular weight is 207 g/mol. The van der Waals surface area contributed by atoms with Gasteiger partial charge in [0.2, 0.25) is 0 Å². The van der Waals surface area contributed by atoms with Gasteiger partial charge in [-0.25, -0.2) is 0 Å². The van der Waals surface area contributed by atoms with E-state index in [1.165, 1.54) is 5.56 Å².